The molecular weight excluding hydrogens is 236 g/mol. The first-order valence-electron chi connectivity index (χ1n) is 5.78. The van der Waals surface area contributed by atoms with Crippen molar-refractivity contribution in [3.05, 3.63) is 6.07 Å². The molecule has 100 valence electrons. The first-order chi connectivity index (χ1) is 8.26. The van der Waals surface area contributed by atoms with E-state index in [4.69, 9.17) is 10.5 Å². The van der Waals surface area contributed by atoms with Crippen molar-refractivity contribution in [1.82, 2.24) is 9.78 Å². The minimum absolute atomic E-state index is 0.181. The quantitative estimate of drug-likeness (QED) is 0.706. The molecule has 1 unspecified atom stereocenters. The Bertz CT molecular complexity index is 463. The summed E-state index contributed by atoms with van der Waals surface area (Å²) in [6, 6.07) is 1.59. The third-order valence-corrected chi connectivity index (χ3v) is 2.45. The number of nitrogen functional groups attached to an aromatic ring is 1. The molecule has 0 spiro atoms. The molecule has 18 heavy (non-hydrogen) atoms. The van der Waals surface area contributed by atoms with Crippen LogP contribution in [0.25, 0.3) is 0 Å². The highest BCUT2D eigenvalue weighted by molar-refractivity contribution is 5.87. The largest absolute Gasteiger partial charge is 0.443 e. The lowest BCUT2D eigenvalue weighted by Gasteiger charge is -2.32. The predicted octanol–water partition coefficient (Wildman–Crippen LogP) is 0.581. The van der Waals surface area contributed by atoms with Crippen molar-refractivity contribution in [1.29, 1.82) is 0 Å². The van der Waals surface area contributed by atoms with Crippen LogP contribution in [0, 0.1) is 0 Å². The van der Waals surface area contributed by atoms with Gasteiger partial charge in [-0.2, -0.15) is 5.10 Å². The number of aliphatic hydroxyl groups excluding tert-OH is 1. The summed E-state index contributed by atoms with van der Waals surface area (Å²) in [5.41, 5.74) is 5.01. The molecule has 0 aliphatic carbocycles. The molecule has 3 N–H and O–H groups in total. The van der Waals surface area contributed by atoms with Crippen LogP contribution in [0.3, 0.4) is 0 Å². The van der Waals surface area contributed by atoms with Crippen molar-refractivity contribution >= 4 is 17.7 Å². The van der Waals surface area contributed by atoms with E-state index in [1.165, 1.54) is 9.58 Å². The van der Waals surface area contributed by atoms with Crippen LogP contribution in [0.15, 0.2) is 6.07 Å². The van der Waals surface area contributed by atoms with Crippen LogP contribution >= 0.6 is 0 Å². The number of rotatable bonds is 0. The van der Waals surface area contributed by atoms with Gasteiger partial charge in [0.15, 0.2) is 0 Å². The van der Waals surface area contributed by atoms with E-state index in [-0.39, 0.29) is 6.54 Å². The van der Waals surface area contributed by atoms with Gasteiger partial charge in [0, 0.05) is 6.07 Å². The molecule has 2 heterocycles. The maximum atomic E-state index is 12.0. The van der Waals surface area contributed by atoms with E-state index in [1.807, 2.05) is 0 Å². The normalized spacial score (nSPS) is 19.6. The second-order valence-electron chi connectivity index (χ2n) is 5.35. The molecule has 0 saturated carbocycles. The van der Waals surface area contributed by atoms with Crippen molar-refractivity contribution in [2.75, 3.05) is 17.2 Å². The molecule has 0 fully saturated rings. The number of anilines is 2. The topological polar surface area (TPSA) is 93.6 Å². The summed E-state index contributed by atoms with van der Waals surface area (Å²) in [5, 5.41) is 13.7. The van der Waals surface area contributed by atoms with Gasteiger partial charge in [-0.1, -0.05) is 0 Å². The third-order valence-electron chi connectivity index (χ3n) is 2.45. The maximum absolute atomic E-state index is 12.0. The lowest BCUT2D eigenvalue weighted by Crippen LogP contribution is -2.46. The van der Waals surface area contributed by atoms with Crippen LogP contribution in [0.2, 0.25) is 0 Å². The molecule has 0 radical (unpaired) electrons. The van der Waals surface area contributed by atoms with E-state index in [0.29, 0.717) is 18.2 Å². The van der Waals surface area contributed by atoms with E-state index in [0.717, 1.165) is 0 Å². The van der Waals surface area contributed by atoms with E-state index in [1.54, 1.807) is 26.8 Å². The Labute approximate surface area is 105 Å². The van der Waals surface area contributed by atoms with Gasteiger partial charge in [0.2, 0.25) is 0 Å². The number of carbonyl (C=O) groups is 1. The molecule has 7 heteroatoms. The van der Waals surface area contributed by atoms with Gasteiger partial charge in [0.05, 0.1) is 19.2 Å². The summed E-state index contributed by atoms with van der Waals surface area (Å²) >= 11 is 0. The lowest BCUT2D eigenvalue weighted by atomic mass is 10.2. The van der Waals surface area contributed by atoms with E-state index >= 15 is 0 Å². The molecule has 1 aliphatic rings. The highest BCUT2D eigenvalue weighted by Gasteiger charge is 2.32. The smallest absolute Gasteiger partial charge is 0.416 e. The van der Waals surface area contributed by atoms with Gasteiger partial charge >= 0.3 is 6.09 Å². The number of ether oxygens (including phenoxy) is 1. The van der Waals surface area contributed by atoms with Crippen molar-refractivity contribution in [2.24, 2.45) is 0 Å². The first kappa shape index (κ1) is 12.7. The Morgan fingerprint density at radius 2 is 2.22 bits per heavy atom. The van der Waals surface area contributed by atoms with Gasteiger partial charge in [0.1, 0.15) is 17.2 Å². The number of carbonyl (C=O) groups excluding carboxylic acids is 1. The highest BCUT2D eigenvalue weighted by atomic mass is 16.6. The van der Waals surface area contributed by atoms with Crippen LogP contribution in [-0.4, -0.2) is 39.2 Å². The summed E-state index contributed by atoms with van der Waals surface area (Å²) in [6.07, 6.45) is -1.19. The summed E-state index contributed by atoms with van der Waals surface area (Å²) in [5.74, 6) is 0.861. The number of β-amino-alcohol motifs (C(OH)–C–C–N with tert-alkyl or cyclic N) is 1. The number of hydrogen-bond acceptors (Lipinski definition) is 5. The third kappa shape index (κ3) is 2.56. The molecule has 7 nitrogen and oxygen atoms in total. The van der Waals surface area contributed by atoms with Crippen molar-refractivity contribution in [2.45, 2.75) is 39.0 Å². The van der Waals surface area contributed by atoms with Gasteiger partial charge in [-0.25, -0.2) is 9.48 Å². The molecule has 0 saturated heterocycles. The maximum Gasteiger partial charge on any atom is 0.416 e. The van der Waals surface area contributed by atoms with Crippen LogP contribution < -0.4 is 10.6 Å². The number of nitrogens with two attached hydrogens (primary N) is 1. The minimum Gasteiger partial charge on any atom is -0.443 e. The van der Waals surface area contributed by atoms with Crippen molar-refractivity contribution in [3.63, 3.8) is 0 Å². The highest BCUT2D eigenvalue weighted by Crippen LogP contribution is 2.24. The van der Waals surface area contributed by atoms with Crippen LogP contribution in [0.1, 0.15) is 20.8 Å². The molecule has 1 atom stereocenters. The molecule has 1 aromatic heterocycles. The van der Waals surface area contributed by atoms with Gasteiger partial charge in [0.25, 0.3) is 0 Å². The number of fused-ring (bicyclic) bond motifs is 1. The first-order valence-corrected chi connectivity index (χ1v) is 5.78. The van der Waals surface area contributed by atoms with Crippen molar-refractivity contribution < 1.29 is 14.6 Å². The zero-order chi connectivity index (χ0) is 13.5. The Kier molecular flexibility index (Phi) is 2.94. The average Bonchev–Trinajstić information content (AvgIpc) is 2.53. The molecule has 1 aliphatic heterocycles. The molecule has 1 amide bonds. The Balaban J connectivity index is 2.25. The second-order valence-corrected chi connectivity index (χ2v) is 5.35. The summed E-state index contributed by atoms with van der Waals surface area (Å²) in [6.45, 7) is 5.87. The molecule has 0 bridgehead atoms. The number of amides is 1. The Hall–Kier alpha value is -1.76. The van der Waals surface area contributed by atoms with Crippen LogP contribution in [-0.2, 0) is 11.3 Å². The molecule has 1 aromatic rings. The fourth-order valence-corrected chi connectivity index (χ4v) is 1.82. The Morgan fingerprint density at radius 3 is 2.83 bits per heavy atom. The predicted molar refractivity (Wildman–Crippen MR) is 66.2 cm³/mol. The molecule has 0 aromatic carbocycles. The van der Waals surface area contributed by atoms with Crippen LogP contribution in [0.5, 0.6) is 0 Å². The van der Waals surface area contributed by atoms with Gasteiger partial charge in [-0.3, -0.25) is 4.90 Å². The number of aliphatic hydroxyl groups is 1. The lowest BCUT2D eigenvalue weighted by molar-refractivity contribution is 0.0527. The fraction of sp³-hybridized carbons (Fsp3) is 0.636. The second kappa shape index (κ2) is 4.16. The summed E-state index contributed by atoms with van der Waals surface area (Å²) < 4.78 is 6.79. The standard InChI is InChI=1S/C11H18N4O3/c1-11(2,3)18-10(17)14-5-7(16)6-15-9(14)4-8(12)13-15/h4,7,16H,5-6H2,1-3H3,(H2,12,13). The van der Waals surface area contributed by atoms with Gasteiger partial charge < -0.3 is 15.6 Å². The van der Waals surface area contributed by atoms with Gasteiger partial charge in [-0.15, -0.1) is 0 Å². The monoisotopic (exact) mass is 254 g/mol. The minimum atomic E-state index is -0.677. The SMILES string of the molecule is CC(C)(C)OC(=O)N1CC(O)Cn2nc(N)cc21. The number of hydrogen-bond donors (Lipinski definition) is 2. The van der Waals surface area contributed by atoms with E-state index < -0.39 is 17.8 Å². The fourth-order valence-electron chi connectivity index (χ4n) is 1.82. The summed E-state index contributed by atoms with van der Waals surface area (Å²) in [7, 11) is 0. The number of nitrogens with zero attached hydrogens (tertiary/aromatic N) is 3. The molecule has 2 rings (SSSR count). The zero-order valence-electron chi connectivity index (χ0n) is 10.8. The average molecular weight is 254 g/mol. The van der Waals surface area contributed by atoms with E-state index in [2.05, 4.69) is 5.10 Å². The van der Waals surface area contributed by atoms with Crippen molar-refractivity contribution in [3.8, 4) is 0 Å². The number of aromatic nitrogens is 2. The van der Waals surface area contributed by atoms with E-state index in [9.17, 15) is 9.90 Å². The molecular formula is C11H18N4O3. The Morgan fingerprint density at radius 1 is 1.56 bits per heavy atom. The summed E-state index contributed by atoms with van der Waals surface area (Å²) in [4.78, 5) is 13.4. The van der Waals surface area contributed by atoms with Gasteiger partial charge in [-0.05, 0) is 20.8 Å². The zero-order valence-corrected chi connectivity index (χ0v) is 10.8. The van der Waals surface area contributed by atoms with Crippen LogP contribution in [0.4, 0.5) is 16.4 Å².